The highest BCUT2D eigenvalue weighted by Gasteiger charge is 2.36. The van der Waals surface area contributed by atoms with Crippen molar-refractivity contribution in [2.75, 3.05) is 7.11 Å². The summed E-state index contributed by atoms with van der Waals surface area (Å²) in [6.07, 6.45) is 5.68. The van der Waals surface area contributed by atoms with Crippen molar-refractivity contribution in [1.29, 1.82) is 0 Å². The predicted octanol–water partition coefficient (Wildman–Crippen LogP) is 7.94. The number of aldehydes is 1. The van der Waals surface area contributed by atoms with Gasteiger partial charge in [0.15, 0.2) is 0 Å². The lowest BCUT2D eigenvalue weighted by molar-refractivity contribution is -0.108. The number of methoxy groups -OCH3 is 1. The second-order valence-electron chi connectivity index (χ2n) is 10.9. The fourth-order valence-corrected chi connectivity index (χ4v) is 5.13. The summed E-state index contributed by atoms with van der Waals surface area (Å²) in [6, 6.07) is 23.0. The molecule has 1 atom stereocenters. The summed E-state index contributed by atoms with van der Waals surface area (Å²) in [6.45, 7) is 11.7. The maximum Gasteiger partial charge on any atom is 0.131 e. The molecule has 1 aliphatic rings. The third-order valence-electron chi connectivity index (χ3n) is 7.60. The highest BCUT2D eigenvalue weighted by atomic mass is 16.5. The summed E-state index contributed by atoms with van der Waals surface area (Å²) in [5.74, 6) is 0.509. The van der Waals surface area contributed by atoms with Crippen LogP contribution in [0.1, 0.15) is 86.8 Å². The van der Waals surface area contributed by atoms with Crippen LogP contribution in [0.25, 0.3) is 11.6 Å². The van der Waals surface area contributed by atoms with E-state index in [0.717, 1.165) is 28.7 Å². The molecule has 2 heteroatoms. The van der Waals surface area contributed by atoms with E-state index < -0.39 is 0 Å². The van der Waals surface area contributed by atoms with Crippen molar-refractivity contribution in [3.05, 3.63) is 100 Å². The van der Waals surface area contributed by atoms with E-state index in [1.54, 1.807) is 7.11 Å². The number of hydrogen-bond donors (Lipinski definition) is 0. The molecule has 0 amide bonds. The molecular weight excluding hydrogens is 416 g/mol. The van der Waals surface area contributed by atoms with Crippen LogP contribution in [0.4, 0.5) is 0 Å². The standard InChI is InChI=1S/C32H36O2/c1-22(26-13-16-29-30(20-26)32(4,5)18-17-31(29,2)3)19-23-7-9-24(10-8-23)28(21-33)25-11-14-27(34-6)15-12-25/h7-16,19-21,28H,17-18H2,1-6H3/b22-19+. The molecule has 2 nitrogen and oxygen atoms in total. The fraction of sp³-hybridized carbons (Fsp3) is 0.344. The van der Waals surface area contributed by atoms with Gasteiger partial charge in [-0.2, -0.15) is 0 Å². The first-order chi connectivity index (χ1) is 16.1. The Morgan fingerprint density at radius 2 is 1.38 bits per heavy atom. The van der Waals surface area contributed by atoms with Gasteiger partial charge in [0.1, 0.15) is 12.0 Å². The number of ether oxygens (including phenoxy) is 1. The maximum atomic E-state index is 11.9. The topological polar surface area (TPSA) is 26.3 Å². The number of carbonyl (C=O) groups excluding carboxylic acids is 1. The van der Waals surface area contributed by atoms with E-state index in [4.69, 9.17) is 4.74 Å². The zero-order chi connectivity index (χ0) is 24.5. The van der Waals surface area contributed by atoms with Crippen molar-refractivity contribution in [3.63, 3.8) is 0 Å². The average Bonchev–Trinajstić information content (AvgIpc) is 2.84. The van der Waals surface area contributed by atoms with Gasteiger partial charge >= 0.3 is 0 Å². The molecular formula is C32H36O2. The number of rotatable bonds is 6. The minimum Gasteiger partial charge on any atom is -0.497 e. The minimum atomic E-state index is -0.281. The number of fused-ring (bicyclic) bond motifs is 1. The van der Waals surface area contributed by atoms with E-state index in [-0.39, 0.29) is 16.7 Å². The minimum absolute atomic E-state index is 0.202. The monoisotopic (exact) mass is 452 g/mol. The lowest BCUT2D eigenvalue weighted by Gasteiger charge is -2.42. The van der Waals surface area contributed by atoms with Crippen LogP contribution in [0.2, 0.25) is 0 Å². The molecule has 0 radical (unpaired) electrons. The molecule has 0 aliphatic heterocycles. The quantitative estimate of drug-likeness (QED) is 0.280. The Kier molecular flexibility index (Phi) is 6.53. The summed E-state index contributed by atoms with van der Waals surface area (Å²) >= 11 is 0. The van der Waals surface area contributed by atoms with Gasteiger partial charge in [0.2, 0.25) is 0 Å². The van der Waals surface area contributed by atoms with E-state index in [9.17, 15) is 4.79 Å². The van der Waals surface area contributed by atoms with E-state index in [1.807, 2.05) is 24.3 Å². The molecule has 0 heterocycles. The van der Waals surface area contributed by atoms with Crippen molar-refractivity contribution < 1.29 is 9.53 Å². The SMILES string of the molecule is COc1ccc(C(C=O)c2ccc(/C=C(\C)c3ccc4c(c3)C(C)(C)CCC4(C)C)cc2)cc1. The largest absolute Gasteiger partial charge is 0.497 e. The van der Waals surface area contributed by atoms with Gasteiger partial charge in [-0.25, -0.2) is 0 Å². The summed E-state index contributed by atoms with van der Waals surface area (Å²) in [7, 11) is 1.65. The van der Waals surface area contributed by atoms with Crippen LogP contribution in [-0.4, -0.2) is 13.4 Å². The Labute approximate surface area is 204 Å². The van der Waals surface area contributed by atoms with E-state index >= 15 is 0 Å². The molecule has 0 fully saturated rings. The Balaban J connectivity index is 1.59. The third-order valence-corrected chi connectivity index (χ3v) is 7.60. The van der Waals surface area contributed by atoms with E-state index in [2.05, 4.69) is 83.2 Å². The molecule has 176 valence electrons. The van der Waals surface area contributed by atoms with Crippen molar-refractivity contribution >= 4 is 17.9 Å². The molecule has 0 saturated heterocycles. The van der Waals surface area contributed by atoms with Gasteiger partial charge in [0, 0.05) is 0 Å². The van der Waals surface area contributed by atoms with Crippen LogP contribution in [0.15, 0.2) is 66.7 Å². The van der Waals surface area contributed by atoms with Gasteiger partial charge in [-0.05, 0) is 81.7 Å². The smallest absolute Gasteiger partial charge is 0.131 e. The highest BCUT2D eigenvalue weighted by molar-refractivity contribution is 5.81. The second kappa shape index (κ2) is 9.25. The van der Waals surface area contributed by atoms with Crippen LogP contribution >= 0.6 is 0 Å². The summed E-state index contributed by atoms with van der Waals surface area (Å²) < 4.78 is 5.23. The molecule has 3 aromatic carbocycles. The molecule has 1 aliphatic carbocycles. The van der Waals surface area contributed by atoms with Crippen molar-refractivity contribution in [3.8, 4) is 5.75 Å². The Bertz CT molecular complexity index is 1190. The molecule has 0 aromatic heterocycles. The Morgan fingerprint density at radius 1 is 0.824 bits per heavy atom. The van der Waals surface area contributed by atoms with Gasteiger partial charge in [-0.3, -0.25) is 0 Å². The fourth-order valence-electron chi connectivity index (χ4n) is 5.13. The van der Waals surface area contributed by atoms with Crippen LogP contribution < -0.4 is 4.74 Å². The number of benzene rings is 3. The van der Waals surface area contributed by atoms with Gasteiger partial charge in [0.05, 0.1) is 13.0 Å². The molecule has 0 saturated carbocycles. The normalized spacial score (nSPS) is 17.5. The number of carbonyl (C=O) groups is 1. The first kappa shape index (κ1) is 24.0. The number of hydrogen-bond acceptors (Lipinski definition) is 2. The first-order valence-corrected chi connectivity index (χ1v) is 12.2. The predicted molar refractivity (Wildman–Crippen MR) is 143 cm³/mol. The van der Waals surface area contributed by atoms with Gasteiger partial charge < -0.3 is 9.53 Å². The van der Waals surface area contributed by atoms with Crippen molar-refractivity contribution in [2.24, 2.45) is 0 Å². The van der Waals surface area contributed by atoms with E-state index in [0.29, 0.717) is 0 Å². The van der Waals surface area contributed by atoms with Crippen molar-refractivity contribution in [1.82, 2.24) is 0 Å². The highest BCUT2D eigenvalue weighted by Crippen LogP contribution is 2.46. The summed E-state index contributed by atoms with van der Waals surface area (Å²) in [4.78, 5) is 11.9. The number of allylic oxidation sites excluding steroid dienone is 1. The first-order valence-electron chi connectivity index (χ1n) is 12.2. The van der Waals surface area contributed by atoms with Crippen LogP contribution in [0.3, 0.4) is 0 Å². The van der Waals surface area contributed by atoms with Crippen molar-refractivity contribution in [2.45, 2.75) is 64.2 Å². The van der Waals surface area contributed by atoms with Crippen LogP contribution in [0.5, 0.6) is 5.75 Å². The zero-order valence-electron chi connectivity index (χ0n) is 21.3. The van der Waals surface area contributed by atoms with Gasteiger partial charge in [-0.1, -0.05) is 88.4 Å². The molecule has 4 rings (SSSR count). The van der Waals surface area contributed by atoms with Crippen LogP contribution in [-0.2, 0) is 15.6 Å². The summed E-state index contributed by atoms with van der Waals surface area (Å²) in [5.41, 5.74) is 9.03. The lowest BCUT2D eigenvalue weighted by atomic mass is 9.63. The third kappa shape index (κ3) is 4.73. The molecule has 0 spiro atoms. The maximum absolute atomic E-state index is 11.9. The lowest BCUT2D eigenvalue weighted by Crippen LogP contribution is -2.33. The molecule has 3 aromatic rings. The zero-order valence-corrected chi connectivity index (χ0v) is 21.3. The Hall–Kier alpha value is -3.13. The molecule has 0 N–H and O–H groups in total. The van der Waals surface area contributed by atoms with Gasteiger partial charge in [-0.15, -0.1) is 0 Å². The van der Waals surface area contributed by atoms with Gasteiger partial charge in [0.25, 0.3) is 0 Å². The van der Waals surface area contributed by atoms with E-state index in [1.165, 1.54) is 35.1 Å². The Morgan fingerprint density at radius 3 is 1.94 bits per heavy atom. The molecule has 34 heavy (non-hydrogen) atoms. The average molecular weight is 453 g/mol. The molecule has 0 bridgehead atoms. The van der Waals surface area contributed by atoms with Crippen LogP contribution in [0, 0.1) is 0 Å². The second-order valence-corrected chi connectivity index (χ2v) is 10.9. The summed E-state index contributed by atoms with van der Waals surface area (Å²) in [5, 5.41) is 0. The molecule has 1 unspecified atom stereocenters.